The molecule has 0 aromatic heterocycles. The molecule has 0 amide bonds. The Morgan fingerprint density at radius 2 is 1.90 bits per heavy atom. The van der Waals surface area contributed by atoms with Gasteiger partial charge in [0.1, 0.15) is 12.9 Å². The first-order valence-electron chi connectivity index (χ1n) is 3.29. The first-order chi connectivity index (χ1) is 4.72. The summed E-state index contributed by atoms with van der Waals surface area (Å²) in [5.41, 5.74) is 0. The highest BCUT2D eigenvalue weighted by Gasteiger charge is 1.88. The smallest absolute Gasteiger partial charge is 0.157 e. The van der Waals surface area contributed by atoms with Gasteiger partial charge in [0.2, 0.25) is 0 Å². The number of carbonyl (C=O) groups is 2. The number of hydrogen-bond donors (Lipinski definition) is 1. The van der Waals surface area contributed by atoms with Gasteiger partial charge in [-0.25, -0.2) is 0 Å². The van der Waals surface area contributed by atoms with Crippen molar-refractivity contribution in [1.29, 1.82) is 0 Å². The second-order valence-electron chi connectivity index (χ2n) is 1.63. The standard InChI is InChI=1S/C4H8O2.C3H6O/c1-2-4(6)3-5;1-2-3-4/h5H,2-3H2,1H3;3H,2H2,1H3. The van der Waals surface area contributed by atoms with E-state index in [1.165, 1.54) is 0 Å². The Hall–Kier alpha value is -0.700. The topological polar surface area (TPSA) is 54.4 Å². The Morgan fingerprint density at radius 3 is 1.90 bits per heavy atom. The lowest BCUT2D eigenvalue weighted by atomic mass is 10.3. The molecule has 60 valence electrons. The molecule has 3 heteroatoms. The first kappa shape index (κ1) is 12.0. The van der Waals surface area contributed by atoms with Crippen molar-refractivity contribution >= 4 is 12.1 Å². The van der Waals surface area contributed by atoms with Gasteiger partial charge < -0.3 is 9.90 Å². The van der Waals surface area contributed by atoms with Gasteiger partial charge in [-0.05, 0) is 0 Å². The highest BCUT2D eigenvalue weighted by Crippen LogP contribution is 1.73. The Morgan fingerprint density at radius 1 is 1.50 bits per heavy atom. The molecule has 10 heavy (non-hydrogen) atoms. The van der Waals surface area contributed by atoms with E-state index in [-0.39, 0.29) is 12.4 Å². The molecule has 0 spiro atoms. The van der Waals surface area contributed by atoms with Crippen LogP contribution in [0.1, 0.15) is 26.7 Å². The molecule has 0 aliphatic heterocycles. The highest BCUT2D eigenvalue weighted by atomic mass is 16.3. The Balaban J connectivity index is 0. The third-order valence-electron chi connectivity index (χ3n) is 0.737. The molecule has 0 heterocycles. The number of aliphatic hydroxyl groups is 1. The highest BCUT2D eigenvalue weighted by molar-refractivity contribution is 5.78. The molecule has 0 radical (unpaired) electrons. The molecular formula is C7H14O3. The zero-order chi connectivity index (χ0) is 8.41. The van der Waals surface area contributed by atoms with Gasteiger partial charge in [-0.2, -0.15) is 0 Å². The van der Waals surface area contributed by atoms with Crippen molar-refractivity contribution in [3.8, 4) is 0 Å². The molecule has 0 saturated carbocycles. The maximum absolute atomic E-state index is 9.93. The van der Waals surface area contributed by atoms with Crippen LogP contribution < -0.4 is 0 Å². The second kappa shape index (κ2) is 11.1. The van der Waals surface area contributed by atoms with E-state index >= 15 is 0 Å². The summed E-state index contributed by atoms with van der Waals surface area (Å²) < 4.78 is 0. The normalized spacial score (nSPS) is 7.50. The molecular weight excluding hydrogens is 132 g/mol. The number of carbonyl (C=O) groups excluding carboxylic acids is 2. The van der Waals surface area contributed by atoms with Crippen molar-refractivity contribution in [3.63, 3.8) is 0 Å². The fraction of sp³-hybridized carbons (Fsp3) is 0.714. The Bertz CT molecular complexity index is 82.9. The molecule has 0 aliphatic rings. The summed E-state index contributed by atoms with van der Waals surface area (Å²) in [6, 6.07) is 0. The molecule has 0 aliphatic carbocycles. The quantitative estimate of drug-likeness (QED) is 0.592. The number of rotatable bonds is 3. The maximum Gasteiger partial charge on any atom is 0.157 e. The van der Waals surface area contributed by atoms with Crippen LogP contribution in [0.5, 0.6) is 0 Å². The van der Waals surface area contributed by atoms with Crippen molar-refractivity contribution in [1.82, 2.24) is 0 Å². The number of ketones is 1. The summed E-state index contributed by atoms with van der Waals surface area (Å²) in [6.07, 6.45) is 1.95. The van der Waals surface area contributed by atoms with Gasteiger partial charge in [0.05, 0.1) is 0 Å². The van der Waals surface area contributed by atoms with Gasteiger partial charge >= 0.3 is 0 Å². The Labute approximate surface area is 61.1 Å². The van der Waals surface area contributed by atoms with Crippen LogP contribution in [0.15, 0.2) is 0 Å². The van der Waals surface area contributed by atoms with Gasteiger partial charge in [0, 0.05) is 12.8 Å². The van der Waals surface area contributed by atoms with Crippen molar-refractivity contribution < 1.29 is 14.7 Å². The van der Waals surface area contributed by atoms with Crippen LogP contribution in [0.3, 0.4) is 0 Å². The predicted molar refractivity (Wildman–Crippen MR) is 38.7 cm³/mol. The SMILES string of the molecule is CCC(=O)CO.CCC=O. The first-order valence-corrected chi connectivity index (χ1v) is 3.29. The minimum atomic E-state index is -0.309. The van der Waals surface area contributed by atoms with Crippen molar-refractivity contribution in [3.05, 3.63) is 0 Å². The molecule has 0 aromatic carbocycles. The largest absolute Gasteiger partial charge is 0.389 e. The summed E-state index contributed by atoms with van der Waals surface area (Å²) >= 11 is 0. The van der Waals surface area contributed by atoms with Gasteiger partial charge in [0.15, 0.2) is 5.78 Å². The molecule has 0 bridgehead atoms. The third kappa shape index (κ3) is 15.7. The van der Waals surface area contributed by atoms with E-state index < -0.39 is 0 Å². The fourth-order valence-electron chi connectivity index (χ4n) is 0.112. The van der Waals surface area contributed by atoms with Crippen molar-refractivity contribution in [2.75, 3.05) is 6.61 Å². The number of hydrogen-bond acceptors (Lipinski definition) is 3. The molecule has 1 N–H and O–H groups in total. The van der Waals surface area contributed by atoms with Crippen LogP contribution in [0.2, 0.25) is 0 Å². The van der Waals surface area contributed by atoms with E-state index in [0.717, 1.165) is 6.29 Å². The van der Waals surface area contributed by atoms with E-state index in [2.05, 4.69) is 0 Å². The van der Waals surface area contributed by atoms with Gasteiger partial charge in [-0.3, -0.25) is 4.79 Å². The summed E-state index contributed by atoms with van der Waals surface area (Å²) in [5, 5.41) is 7.99. The summed E-state index contributed by atoms with van der Waals surface area (Å²) in [4.78, 5) is 19.1. The van der Waals surface area contributed by atoms with Crippen LogP contribution in [0, 0.1) is 0 Å². The lowest BCUT2D eigenvalue weighted by molar-refractivity contribution is -0.121. The van der Waals surface area contributed by atoms with Crippen molar-refractivity contribution in [2.45, 2.75) is 26.7 Å². The number of aldehydes is 1. The van der Waals surface area contributed by atoms with E-state index in [0.29, 0.717) is 12.8 Å². The van der Waals surface area contributed by atoms with E-state index in [1.807, 2.05) is 6.92 Å². The summed E-state index contributed by atoms with van der Waals surface area (Å²) in [7, 11) is 0. The van der Waals surface area contributed by atoms with E-state index in [9.17, 15) is 9.59 Å². The minimum absolute atomic E-state index is 0.102. The average Bonchev–Trinajstić information content (AvgIpc) is 2.03. The van der Waals surface area contributed by atoms with Crippen LogP contribution in [-0.2, 0) is 9.59 Å². The maximum atomic E-state index is 9.93. The van der Waals surface area contributed by atoms with Crippen LogP contribution in [-0.4, -0.2) is 23.8 Å². The van der Waals surface area contributed by atoms with Gasteiger partial charge in [-0.1, -0.05) is 13.8 Å². The lowest BCUT2D eigenvalue weighted by Crippen LogP contribution is -1.99. The van der Waals surface area contributed by atoms with Crippen LogP contribution in [0.4, 0.5) is 0 Å². The predicted octanol–water partition coefficient (Wildman–Crippen LogP) is 0.553. The molecule has 3 nitrogen and oxygen atoms in total. The fourth-order valence-corrected chi connectivity index (χ4v) is 0.112. The van der Waals surface area contributed by atoms with E-state index in [1.54, 1.807) is 6.92 Å². The van der Waals surface area contributed by atoms with Crippen LogP contribution in [0.25, 0.3) is 0 Å². The van der Waals surface area contributed by atoms with Crippen molar-refractivity contribution in [2.24, 2.45) is 0 Å². The molecule has 0 saturated heterocycles. The number of aliphatic hydroxyl groups excluding tert-OH is 1. The third-order valence-corrected chi connectivity index (χ3v) is 0.737. The van der Waals surface area contributed by atoms with E-state index in [4.69, 9.17) is 5.11 Å². The zero-order valence-corrected chi connectivity index (χ0v) is 6.46. The van der Waals surface area contributed by atoms with Crippen LogP contribution >= 0.6 is 0 Å². The van der Waals surface area contributed by atoms with Gasteiger partial charge in [-0.15, -0.1) is 0 Å². The minimum Gasteiger partial charge on any atom is -0.389 e. The molecule has 0 fully saturated rings. The second-order valence-corrected chi connectivity index (χ2v) is 1.63. The Kier molecular flexibility index (Phi) is 13.4. The summed E-state index contributed by atoms with van der Waals surface area (Å²) in [6.45, 7) is 3.22. The zero-order valence-electron chi connectivity index (χ0n) is 6.46. The molecule has 0 atom stereocenters. The molecule has 0 aromatic rings. The monoisotopic (exact) mass is 146 g/mol. The molecule has 0 unspecified atom stereocenters. The average molecular weight is 146 g/mol. The summed E-state index contributed by atoms with van der Waals surface area (Å²) in [5.74, 6) is -0.102. The molecule has 0 rings (SSSR count). The van der Waals surface area contributed by atoms with Gasteiger partial charge in [0.25, 0.3) is 0 Å². The lowest BCUT2D eigenvalue weighted by Gasteiger charge is -1.81. The number of Topliss-reactive ketones (excluding diaryl/α,β-unsaturated/α-hetero) is 1.